The largest absolute Gasteiger partial charge is 0.0748 e. The summed E-state index contributed by atoms with van der Waals surface area (Å²) in [5, 5.41) is 0. The lowest BCUT2D eigenvalue weighted by atomic mass is 10.3. The van der Waals surface area contributed by atoms with Crippen LogP contribution in [0, 0.1) is 0 Å². The van der Waals surface area contributed by atoms with E-state index in [0.717, 1.165) is 12.8 Å². The van der Waals surface area contributed by atoms with Gasteiger partial charge in [0.15, 0.2) is 0 Å². The Kier molecular flexibility index (Phi) is 2.92. The summed E-state index contributed by atoms with van der Waals surface area (Å²) >= 11 is 0. The van der Waals surface area contributed by atoms with Crippen LogP contribution in [0.1, 0.15) is 30.2 Å². The molecule has 0 bridgehead atoms. The molecular formula is C6H16Si. The van der Waals surface area contributed by atoms with E-state index in [4.69, 9.17) is 4.11 Å². The second-order valence-corrected chi connectivity index (χ2v) is 3.52. The van der Waals surface area contributed by atoms with Gasteiger partial charge >= 0.3 is 0 Å². The van der Waals surface area contributed by atoms with Crippen molar-refractivity contribution < 1.29 is 4.11 Å². The molecule has 0 aromatic rings. The van der Waals surface area contributed by atoms with Crippen LogP contribution in [0.3, 0.4) is 0 Å². The number of rotatable bonds is 4. The van der Waals surface area contributed by atoms with Crippen LogP contribution in [0.4, 0.5) is 0 Å². The van der Waals surface area contributed by atoms with Crippen molar-refractivity contribution in [2.75, 3.05) is 0 Å². The minimum Gasteiger partial charge on any atom is -0.0748 e. The second-order valence-electron chi connectivity index (χ2n) is 1.81. The maximum atomic E-state index is 6.91. The van der Waals surface area contributed by atoms with Gasteiger partial charge in [-0.05, 0) is 0 Å². The monoisotopic (exact) mass is 119 g/mol. The number of unbranched alkanes of at least 4 members (excludes halogenated alkanes) is 1. The predicted octanol–water partition coefficient (Wildman–Crippen LogP) is 1.81. The summed E-state index contributed by atoms with van der Waals surface area (Å²) < 4.78 is 20.7. The van der Waals surface area contributed by atoms with Crippen LogP contribution in [-0.2, 0) is 0 Å². The van der Waals surface area contributed by atoms with E-state index in [2.05, 4.69) is 6.55 Å². The third kappa shape index (κ3) is 6.22. The van der Waals surface area contributed by atoms with E-state index in [9.17, 15) is 0 Å². The molecule has 0 fully saturated rings. The predicted molar refractivity (Wildman–Crippen MR) is 38.7 cm³/mol. The van der Waals surface area contributed by atoms with Crippen molar-refractivity contribution in [3.63, 3.8) is 0 Å². The quantitative estimate of drug-likeness (QED) is 0.391. The first kappa shape index (κ1) is 3.28. The molecule has 44 valence electrons. The Morgan fingerprint density at radius 2 is 2.43 bits per heavy atom. The van der Waals surface area contributed by atoms with Crippen molar-refractivity contribution in [1.82, 2.24) is 0 Å². The van der Waals surface area contributed by atoms with Crippen molar-refractivity contribution in [3.8, 4) is 0 Å². The second kappa shape index (κ2) is 6.22. The molecular weight excluding hydrogens is 100 g/mol. The molecule has 0 amide bonds. The minimum atomic E-state index is -1.69. The van der Waals surface area contributed by atoms with Gasteiger partial charge in [0.05, 0.1) is 0 Å². The van der Waals surface area contributed by atoms with Gasteiger partial charge in [-0.25, -0.2) is 0 Å². The molecule has 0 spiro atoms. The zero-order chi connectivity index (χ0) is 8.04. The van der Waals surface area contributed by atoms with Crippen LogP contribution in [0.5, 0.6) is 0 Å². The van der Waals surface area contributed by atoms with E-state index < -0.39 is 6.85 Å². The van der Waals surface area contributed by atoms with Crippen LogP contribution in [-0.4, -0.2) is 9.52 Å². The Morgan fingerprint density at radius 1 is 1.57 bits per heavy atom. The molecule has 0 saturated heterocycles. The summed E-state index contributed by atoms with van der Waals surface area (Å²) in [4.78, 5) is 0. The van der Waals surface area contributed by atoms with Crippen molar-refractivity contribution in [3.05, 3.63) is 0 Å². The van der Waals surface area contributed by atoms with Gasteiger partial charge in [0.2, 0.25) is 0 Å². The Bertz CT molecular complexity index is 79.6. The van der Waals surface area contributed by atoms with Crippen LogP contribution in [0.2, 0.25) is 12.6 Å². The third-order valence-corrected chi connectivity index (χ3v) is 2.24. The van der Waals surface area contributed by atoms with E-state index in [-0.39, 0.29) is 9.52 Å². The molecule has 0 aliphatic heterocycles. The van der Waals surface area contributed by atoms with Crippen molar-refractivity contribution >= 4 is 9.52 Å². The summed E-state index contributed by atoms with van der Waals surface area (Å²) in [5.41, 5.74) is 0. The smallest absolute Gasteiger partial charge is 0.0230 e. The molecule has 0 N–H and O–H groups in total. The first-order valence-corrected chi connectivity index (χ1v) is 5.47. The topological polar surface area (TPSA) is 0 Å². The molecule has 0 unspecified atom stereocenters. The highest BCUT2D eigenvalue weighted by Gasteiger charge is 1.80. The Hall–Kier alpha value is 0.217. The maximum Gasteiger partial charge on any atom is 0.0230 e. The van der Waals surface area contributed by atoms with Crippen molar-refractivity contribution in [2.45, 2.75) is 38.7 Å². The Labute approximate surface area is 53.4 Å². The summed E-state index contributed by atoms with van der Waals surface area (Å²) in [5.74, 6) is 0. The minimum absolute atomic E-state index is 0.166. The molecule has 0 rings (SSSR count). The van der Waals surface area contributed by atoms with Gasteiger partial charge in [-0.3, -0.25) is 0 Å². The SMILES string of the molecule is [2H]C([2H])([2H])CCCC[SiH2]C. The Balaban J connectivity index is 3.04. The lowest BCUT2D eigenvalue weighted by molar-refractivity contribution is 0.769. The van der Waals surface area contributed by atoms with Crippen molar-refractivity contribution in [2.24, 2.45) is 0 Å². The molecule has 0 aliphatic carbocycles. The highest BCUT2D eigenvalue weighted by atomic mass is 28.2. The number of hydrogen-bond acceptors (Lipinski definition) is 0. The van der Waals surface area contributed by atoms with E-state index in [1.807, 2.05) is 0 Å². The van der Waals surface area contributed by atoms with Crippen molar-refractivity contribution in [1.29, 1.82) is 0 Å². The van der Waals surface area contributed by atoms with E-state index in [0.29, 0.717) is 6.42 Å². The average Bonchev–Trinajstić information content (AvgIpc) is 1.78. The third-order valence-electron chi connectivity index (χ3n) is 1.03. The van der Waals surface area contributed by atoms with Gasteiger partial charge in [-0.1, -0.05) is 38.7 Å². The molecule has 0 aromatic heterocycles. The molecule has 0 saturated carbocycles. The fourth-order valence-electron chi connectivity index (χ4n) is 0.552. The number of hydrogen-bond donors (Lipinski definition) is 0. The molecule has 0 aliphatic rings. The Morgan fingerprint density at radius 3 is 3.00 bits per heavy atom. The molecule has 0 heterocycles. The van der Waals surface area contributed by atoms with Gasteiger partial charge in [0.25, 0.3) is 0 Å². The summed E-state index contributed by atoms with van der Waals surface area (Å²) in [7, 11) is 0.166. The normalized spacial score (nSPS) is 19.3. The average molecular weight is 119 g/mol. The lowest BCUT2D eigenvalue weighted by Gasteiger charge is -1.90. The standard InChI is InChI=1S/C6H16Si/c1-3-4-5-6-7-2/h3-7H2,1-2H3/i1D3. The zero-order valence-electron chi connectivity index (χ0n) is 8.04. The first-order chi connectivity index (χ1) is 4.56. The summed E-state index contributed by atoms with van der Waals surface area (Å²) in [6, 6.07) is 1.30. The van der Waals surface area contributed by atoms with Gasteiger partial charge in [0.1, 0.15) is 0 Å². The highest BCUT2D eigenvalue weighted by Crippen LogP contribution is 1.97. The molecule has 0 atom stereocenters. The fraction of sp³-hybridized carbons (Fsp3) is 1.00. The first-order valence-electron chi connectivity index (χ1n) is 4.56. The van der Waals surface area contributed by atoms with Crippen LogP contribution in [0.25, 0.3) is 0 Å². The summed E-state index contributed by atoms with van der Waals surface area (Å²) in [6.07, 6.45) is 2.42. The maximum absolute atomic E-state index is 6.91. The fourth-order valence-corrected chi connectivity index (χ4v) is 1.41. The van der Waals surface area contributed by atoms with Crippen LogP contribution in [0.15, 0.2) is 0 Å². The molecule has 7 heavy (non-hydrogen) atoms. The molecule has 0 aromatic carbocycles. The molecule has 1 heteroatoms. The zero-order valence-corrected chi connectivity index (χ0v) is 6.45. The van der Waals surface area contributed by atoms with E-state index >= 15 is 0 Å². The van der Waals surface area contributed by atoms with Crippen LogP contribution < -0.4 is 0 Å². The van der Waals surface area contributed by atoms with E-state index in [1.165, 1.54) is 6.04 Å². The summed E-state index contributed by atoms with van der Waals surface area (Å²) in [6.45, 7) is 0.574. The molecule has 0 radical (unpaired) electrons. The van der Waals surface area contributed by atoms with Crippen LogP contribution >= 0.6 is 0 Å². The molecule has 0 nitrogen and oxygen atoms in total. The van der Waals surface area contributed by atoms with Gasteiger partial charge < -0.3 is 0 Å². The van der Waals surface area contributed by atoms with E-state index in [1.54, 1.807) is 0 Å². The van der Waals surface area contributed by atoms with Gasteiger partial charge in [-0.15, -0.1) is 0 Å². The lowest BCUT2D eigenvalue weighted by Crippen LogP contribution is -1.79. The van der Waals surface area contributed by atoms with Gasteiger partial charge in [0, 0.05) is 13.6 Å². The van der Waals surface area contributed by atoms with Gasteiger partial charge in [-0.2, -0.15) is 0 Å². The highest BCUT2D eigenvalue weighted by molar-refractivity contribution is 6.33.